The van der Waals surface area contributed by atoms with Crippen molar-refractivity contribution in [2.45, 2.75) is 69.7 Å². The molecule has 0 aliphatic heterocycles. The normalized spacial score (nSPS) is 24.5. The fraction of sp³-hybridized carbons (Fsp3) is 0.938. The van der Waals surface area contributed by atoms with E-state index in [1.807, 2.05) is 7.05 Å². The van der Waals surface area contributed by atoms with Crippen molar-refractivity contribution in [2.75, 3.05) is 20.2 Å². The molecule has 4 heteroatoms. The smallest absolute Gasteiger partial charge is 0.221 e. The average Bonchev–Trinajstić information content (AvgIpc) is 2.96. The van der Waals surface area contributed by atoms with E-state index in [4.69, 9.17) is 0 Å². The van der Waals surface area contributed by atoms with Crippen molar-refractivity contribution in [2.24, 2.45) is 5.41 Å². The lowest BCUT2D eigenvalue weighted by Gasteiger charge is -2.37. The monoisotopic (exact) mass is 282 g/mol. The first kappa shape index (κ1) is 15.8. The van der Waals surface area contributed by atoms with Gasteiger partial charge in [0.05, 0.1) is 6.61 Å². The summed E-state index contributed by atoms with van der Waals surface area (Å²) >= 11 is 0. The molecule has 116 valence electrons. The molecule has 0 aromatic heterocycles. The first-order valence-electron chi connectivity index (χ1n) is 8.20. The van der Waals surface area contributed by atoms with Gasteiger partial charge in [0.2, 0.25) is 5.91 Å². The average molecular weight is 282 g/mol. The summed E-state index contributed by atoms with van der Waals surface area (Å²) in [5.74, 6) is 0.140. The van der Waals surface area contributed by atoms with E-state index < -0.39 is 0 Å². The van der Waals surface area contributed by atoms with E-state index in [9.17, 15) is 9.90 Å². The molecule has 0 aromatic rings. The molecule has 0 aromatic carbocycles. The molecule has 0 spiro atoms. The van der Waals surface area contributed by atoms with Crippen molar-refractivity contribution in [3.8, 4) is 0 Å². The van der Waals surface area contributed by atoms with Crippen molar-refractivity contribution in [3.05, 3.63) is 0 Å². The Morgan fingerprint density at radius 2 is 1.65 bits per heavy atom. The molecule has 20 heavy (non-hydrogen) atoms. The van der Waals surface area contributed by atoms with E-state index in [2.05, 4.69) is 10.6 Å². The summed E-state index contributed by atoms with van der Waals surface area (Å²) in [4.78, 5) is 12.3. The number of rotatable bonds is 6. The maximum atomic E-state index is 12.3. The Labute approximate surface area is 122 Å². The second-order valence-electron chi connectivity index (χ2n) is 6.91. The van der Waals surface area contributed by atoms with Crippen molar-refractivity contribution in [1.82, 2.24) is 10.6 Å². The highest BCUT2D eigenvalue weighted by molar-refractivity contribution is 5.77. The molecule has 0 heterocycles. The summed E-state index contributed by atoms with van der Waals surface area (Å²) < 4.78 is 0. The fourth-order valence-electron chi connectivity index (χ4n) is 3.92. The van der Waals surface area contributed by atoms with Crippen LogP contribution in [0.2, 0.25) is 0 Å². The van der Waals surface area contributed by atoms with Crippen LogP contribution in [0.4, 0.5) is 0 Å². The van der Waals surface area contributed by atoms with Gasteiger partial charge in [-0.1, -0.05) is 32.1 Å². The van der Waals surface area contributed by atoms with E-state index in [1.54, 1.807) is 0 Å². The van der Waals surface area contributed by atoms with E-state index in [-0.39, 0.29) is 23.5 Å². The zero-order chi connectivity index (χ0) is 14.5. The standard InChI is InChI=1S/C16H30N2O2/c1-17-16(9-3-2-4-10-16)11-14(20)18-12-15(13-19)7-5-6-8-15/h17,19H,2-13H2,1H3,(H,18,20). The SMILES string of the molecule is CNC1(CC(=O)NCC2(CO)CCCC2)CCCCC1. The molecular weight excluding hydrogens is 252 g/mol. The molecule has 0 radical (unpaired) electrons. The molecule has 2 fully saturated rings. The maximum absolute atomic E-state index is 12.3. The van der Waals surface area contributed by atoms with E-state index in [1.165, 1.54) is 32.1 Å². The van der Waals surface area contributed by atoms with Crippen LogP contribution in [0.5, 0.6) is 0 Å². The second kappa shape index (κ2) is 6.90. The Morgan fingerprint density at radius 1 is 1.05 bits per heavy atom. The van der Waals surface area contributed by atoms with Gasteiger partial charge >= 0.3 is 0 Å². The minimum absolute atomic E-state index is 0.00435. The summed E-state index contributed by atoms with van der Waals surface area (Å²) in [6, 6.07) is 0. The van der Waals surface area contributed by atoms with Gasteiger partial charge in [-0.2, -0.15) is 0 Å². The van der Waals surface area contributed by atoms with Crippen LogP contribution in [-0.4, -0.2) is 36.8 Å². The van der Waals surface area contributed by atoms with Gasteiger partial charge in [-0.15, -0.1) is 0 Å². The molecule has 2 aliphatic carbocycles. The number of aliphatic hydroxyl groups is 1. The maximum Gasteiger partial charge on any atom is 0.221 e. The number of amides is 1. The van der Waals surface area contributed by atoms with Gasteiger partial charge in [-0.3, -0.25) is 4.79 Å². The molecule has 0 saturated heterocycles. The molecule has 0 atom stereocenters. The number of hydrogen-bond acceptors (Lipinski definition) is 3. The summed E-state index contributed by atoms with van der Waals surface area (Å²) in [5.41, 5.74) is -0.0422. The number of carbonyl (C=O) groups excluding carboxylic acids is 1. The predicted octanol–water partition coefficient (Wildman–Crippen LogP) is 1.97. The zero-order valence-corrected chi connectivity index (χ0v) is 12.8. The minimum Gasteiger partial charge on any atom is -0.396 e. The van der Waals surface area contributed by atoms with Gasteiger partial charge in [0.25, 0.3) is 0 Å². The van der Waals surface area contributed by atoms with Crippen LogP contribution < -0.4 is 10.6 Å². The van der Waals surface area contributed by atoms with Gasteiger partial charge in [-0.25, -0.2) is 0 Å². The molecular formula is C16H30N2O2. The third-order valence-corrected chi connectivity index (χ3v) is 5.50. The van der Waals surface area contributed by atoms with Crippen LogP contribution in [0.15, 0.2) is 0 Å². The fourth-order valence-corrected chi connectivity index (χ4v) is 3.92. The molecule has 4 nitrogen and oxygen atoms in total. The second-order valence-corrected chi connectivity index (χ2v) is 6.91. The number of carbonyl (C=O) groups is 1. The highest BCUT2D eigenvalue weighted by atomic mass is 16.3. The van der Waals surface area contributed by atoms with Gasteiger partial charge in [0.1, 0.15) is 0 Å². The highest BCUT2D eigenvalue weighted by Gasteiger charge is 2.35. The number of nitrogens with one attached hydrogen (secondary N) is 2. The summed E-state index contributed by atoms with van der Waals surface area (Å²) in [6.07, 6.45) is 10.9. The minimum atomic E-state index is -0.0466. The Morgan fingerprint density at radius 3 is 2.20 bits per heavy atom. The Bertz CT molecular complexity index is 318. The first-order chi connectivity index (χ1) is 9.64. The quantitative estimate of drug-likeness (QED) is 0.698. The molecule has 1 amide bonds. The van der Waals surface area contributed by atoms with Crippen LogP contribution in [0.25, 0.3) is 0 Å². The molecule has 3 N–H and O–H groups in total. The van der Waals surface area contributed by atoms with Gasteiger partial charge < -0.3 is 15.7 Å². The van der Waals surface area contributed by atoms with Crippen molar-refractivity contribution >= 4 is 5.91 Å². The molecule has 2 saturated carbocycles. The third-order valence-electron chi connectivity index (χ3n) is 5.50. The highest BCUT2D eigenvalue weighted by Crippen LogP contribution is 2.37. The lowest BCUT2D eigenvalue weighted by atomic mass is 9.79. The molecule has 2 aliphatic rings. The Balaban J connectivity index is 1.82. The van der Waals surface area contributed by atoms with E-state index in [0.717, 1.165) is 25.7 Å². The lowest BCUT2D eigenvalue weighted by molar-refractivity contribution is -0.123. The van der Waals surface area contributed by atoms with Crippen molar-refractivity contribution < 1.29 is 9.90 Å². The molecule has 0 bridgehead atoms. The largest absolute Gasteiger partial charge is 0.396 e. The Hall–Kier alpha value is -0.610. The first-order valence-corrected chi connectivity index (χ1v) is 8.20. The van der Waals surface area contributed by atoms with E-state index in [0.29, 0.717) is 13.0 Å². The number of aliphatic hydroxyl groups excluding tert-OH is 1. The summed E-state index contributed by atoms with van der Waals surface area (Å²) in [7, 11) is 1.98. The van der Waals surface area contributed by atoms with E-state index >= 15 is 0 Å². The van der Waals surface area contributed by atoms with Gasteiger partial charge in [0, 0.05) is 23.9 Å². The van der Waals surface area contributed by atoms with Crippen LogP contribution in [0.3, 0.4) is 0 Å². The summed E-state index contributed by atoms with van der Waals surface area (Å²) in [6.45, 7) is 0.840. The number of hydrogen-bond donors (Lipinski definition) is 3. The van der Waals surface area contributed by atoms with Crippen molar-refractivity contribution in [1.29, 1.82) is 0 Å². The van der Waals surface area contributed by atoms with Gasteiger partial charge in [0.15, 0.2) is 0 Å². The topological polar surface area (TPSA) is 61.4 Å². The van der Waals surface area contributed by atoms with Gasteiger partial charge in [-0.05, 0) is 32.7 Å². The Kier molecular flexibility index (Phi) is 5.44. The van der Waals surface area contributed by atoms with Crippen molar-refractivity contribution in [3.63, 3.8) is 0 Å². The predicted molar refractivity (Wildman–Crippen MR) is 80.5 cm³/mol. The van der Waals surface area contributed by atoms with Crippen LogP contribution >= 0.6 is 0 Å². The summed E-state index contributed by atoms with van der Waals surface area (Å²) in [5, 5.41) is 16.1. The third kappa shape index (κ3) is 3.73. The zero-order valence-electron chi connectivity index (χ0n) is 12.8. The molecule has 2 rings (SSSR count). The van der Waals surface area contributed by atoms with Crippen LogP contribution in [0.1, 0.15) is 64.2 Å². The van der Waals surface area contributed by atoms with Crippen LogP contribution in [0, 0.1) is 5.41 Å². The molecule has 0 unspecified atom stereocenters. The van der Waals surface area contributed by atoms with Crippen LogP contribution in [-0.2, 0) is 4.79 Å². The lowest BCUT2D eigenvalue weighted by Crippen LogP contribution is -2.49.